The lowest BCUT2D eigenvalue weighted by atomic mass is 9.98. The van der Waals surface area contributed by atoms with Gasteiger partial charge in [-0.3, -0.25) is 14.4 Å². The Labute approximate surface area is 321 Å². The highest BCUT2D eigenvalue weighted by Gasteiger charge is 2.33. The lowest BCUT2D eigenvalue weighted by Crippen LogP contribution is -2.51. The molecule has 0 fully saturated rings. The Kier molecular flexibility index (Phi) is 12.3. The van der Waals surface area contributed by atoms with Gasteiger partial charge in [0.25, 0.3) is 5.91 Å². The number of hydrogen-bond donors (Lipinski definition) is 3. The first-order valence-electron chi connectivity index (χ1n) is 18.4. The van der Waals surface area contributed by atoms with Crippen molar-refractivity contribution >= 4 is 29.5 Å². The van der Waals surface area contributed by atoms with E-state index in [1.165, 1.54) is 0 Å². The molecule has 1 atom stereocenters. The number of aryl methyl sites for hydroxylation is 1. The van der Waals surface area contributed by atoms with E-state index in [4.69, 9.17) is 9.47 Å². The van der Waals surface area contributed by atoms with Crippen molar-refractivity contribution in [2.75, 3.05) is 12.0 Å². The number of carbonyl (C=O) groups excluding carboxylic acids is 4. The van der Waals surface area contributed by atoms with E-state index in [0.717, 1.165) is 44.8 Å². The van der Waals surface area contributed by atoms with E-state index in [-0.39, 0.29) is 37.3 Å². The lowest BCUT2D eigenvalue weighted by molar-refractivity contribution is -0.128. The number of para-hydroxylation sites is 1. The van der Waals surface area contributed by atoms with Gasteiger partial charge in [0.05, 0.1) is 13.7 Å². The summed E-state index contributed by atoms with van der Waals surface area (Å²) in [4.78, 5) is 55.1. The van der Waals surface area contributed by atoms with Crippen LogP contribution >= 0.6 is 0 Å². The Bertz CT molecular complexity index is 2120. The second-order valence-corrected chi connectivity index (χ2v) is 14.2. The summed E-state index contributed by atoms with van der Waals surface area (Å²) in [6, 6.07) is 39.2. The van der Waals surface area contributed by atoms with Crippen LogP contribution < -0.4 is 25.6 Å². The van der Waals surface area contributed by atoms with E-state index < -0.39 is 17.7 Å². The summed E-state index contributed by atoms with van der Waals surface area (Å²) in [5.74, 6) is 0.00449. The maximum absolute atomic E-state index is 14.2. The Morgan fingerprint density at radius 1 is 0.782 bits per heavy atom. The van der Waals surface area contributed by atoms with Crippen LogP contribution in [0.15, 0.2) is 127 Å². The molecule has 0 aromatic heterocycles. The minimum absolute atomic E-state index is 0.0490. The minimum Gasteiger partial charge on any atom is -0.497 e. The molecule has 3 N–H and O–H groups in total. The molecule has 1 aliphatic rings. The van der Waals surface area contributed by atoms with E-state index in [9.17, 15) is 19.2 Å². The van der Waals surface area contributed by atoms with Gasteiger partial charge in [0.15, 0.2) is 0 Å². The van der Waals surface area contributed by atoms with E-state index in [1.54, 1.807) is 25.9 Å². The number of fused-ring (bicyclic) bond motifs is 1. The largest absolute Gasteiger partial charge is 0.497 e. The fraction of sp³-hybridized carbons (Fsp3) is 0.244. The predicted octanol–water partition coefficient (Wildman–Crippen LogP) is 7.35. The fourth-order valence-corrected chi connectivity index (χ4v) is 6.67. The van der Waals surface area contributed by atoms with Gasteiger partial charge in [-0.25, -0.2) is 4.79 Å². The van der Waals surface area contributed by atoms with Gasteiger partial charge in [0, 0.05) is 29.8 Å². The number of nitrogens with zero attached hydrogens (tertiary/aromatic N) is 1. The number of hydrogen-bond acceptors (Lipinski definition) is 6. The maximum Gasteiger partial charge on any atom is 0.407 e. The van der Waals surface area contributed by atoms with Gasteiger partial charge < -0.3 is 30.3 Å². The molecule has 0 saturated heterocycles. The number of anilines is 1. The SMILES string of the molecule is COc1ccc(CNC(=O)c2ccccc2-c2ccc(CN3C(=O)C(NC(=O)CC(C)(C)NC(=O)OCc4ccccc4)CCc4ccccc43)cc2)cc1. The van der Waals surface area contributed by atoms with Gasteiger partial charge in [-0.2, -0.15) is 0 Å². The number of amides is 4. The topological polar surface area (TPSA) is 126 Å². The zero-order valence-corrected chi connectivity index (χ0v) is 31.3. The molecule has 1 aliphatic heterocycles. The fourth-order valence-electron chi connectivity index (χ4n) is 6.67. The van der Waals surface area contributed by atoms with Crippen LogP contribution in [0.5, 0.6) is 5.75 Å². The molecule has 5 aromatic carbocycles. The van der Waals surface area contributed by atoms with Gasteiger partial charge in [0.1, 0.15) is 18.4 Å². The smallest absolute Gasteiger partial charge is 0.407 e. The molecule has 10 nitrogen and oxygen atoms in total. The zero-order valence-electron chi connectivity index (χ0n) is 31.3. The third kappa shape index (κ3) is 10.2. The lowest BCUT2D eigenvalue weighted by Gasteiger charge is -2.28. The number of nitrogens with one attached hydrogen (secondary N) is 3. The first-order chi connectivity index (χ1) is 26.6. The molecule has 10 heteroatoms. The van der Waals surface area contributed by atoms with Crippen LogP contribution in [0.4, 0.5) is 10.5 Å². The van der Waals surface area contributed by atoms with E-state index in [2.05, 4.69) is 16.0 Å². The number of rotatable bonds is 13. The Morgan fingerprint density at radius 3 is 2.20 bits per heavy atom. The first kappa shape index (κ1) is 38.3. The van der Waals surface area contributed by atoms with Crippen molar-refractivity contribution in [2.45, 2.75) is 64.4 Å². The molecule has 6 rings (SSSR count). The van der Waals surface area contributed by atoms with Gasteiger partial charge in [-0.1, -0.05) is 103 Å². The number of ether oxygens (including phenoxy) is 2. The first-order valence-corrected chi connectivity index (χ1v) is 18.4. The molecule has 0 spiro atoms. The predicted molar refractivity (Wildman–Crippen MR) is 212 cm³/mol. The van der Waals surface area contributed by atoms with Crippen LogP contribution in [-0.2, 0) is 40.4 Å². The summed E-state index contributed by atoms with van der Waals surface area (Å²) in [6.45, 7) is 4.25. The number of methoxy groups -OCH3 is 1. The molecule has 1 heterocycles. The summed E-state index contributed by atoms with van der Waals surface area (Å²) in [5.41, 5.74) is 5.81. The second kappa shape index (κ2) is 17.6. The highest BCUT2D eigenvalue weighted by molar-refractivity contribution is 6.01. The highest BCUT2D eigenvalue weighted by Crippen LogP contribution is 2.30. The summed E-state index contributed by atoms with van der Waals surface area (Å²) >= 11 is 0. The molecule has 5 aromatic rings. The van der Waals surface area contributed by atoms with Gasteiger partial charge >= 0.3 is 6.09 Å². The molecular formula is C45H46N4O6. The Morgan fingerprint density at radius 2 is 1.45 bits per heavy atom. The van der Waals surface area contributed by atoms with Crippen LogP contribution in [0.25, 0.3) is 11.1 Å². The van der Waals surface area contributed by atoms with Crippen LogP contribution in [0.1, 0.15) is 59.3 Å². The van der Waals surface area contributed by atoms with E-state index in [0.29, 0.717) is 24.9 Å². The van der Waals surface area contributed by atoms with Crippen molar-refractivity contribution in [3.8, 4) is 16.9 Å². The Balaban J connectivity index is 1.11. The van der Waals surface area contributed by atoms with Crippen molar-refractivity contribution in [3.63, 3.8) is 0 Å². The monoisotopic (exact) mass is 738 g/mol. The zero-order chi connectivity index (χ0) is 38.8. The molecular weight excluding hydrogens is 693 g/mol. The van der Waals surface area contributed by atoms with Crippen molar-refractivity contribution in [1.29, 1.82) is 0 Å². The second-order valence-electron chi connectivity index (χ2n) is 14.2. The summed E-state index contributed by atoms with van der Waals surface area (Å²) in [5, 5.41) is 8.75. The van der Waals surface area contributed by atoms with Gasteiger partial charge in [-0.05, 0) is 84.3 Å². The quantitative estimate of drug-likeness (QED) is 0.116. The van der Waals surface area contributed by atoms with Crippen LogP contribution in [0.3, 0.4) is 0 Å². The molecule has 0 bridgehead atoms. The molecule has 0 radical (unpaired) electrons. The molecule has 4 amide bonds. The summed E-state index contributed by atoms with van der Waals surface area (Å²) < 4.78 is 10.6. The normalized spacial score (nSPS) is 13.9. The number of benzene rings is 5. The average Bonchev–Trinajstić information content (AvgIpc) is 3.32. The van der Waals surface area contributed by atoms with Crippen molar-refractivity contribution in [1.82, 2.24) is 16.0 Å². The molecule has 55 heavy (non-hydrogen) atoms. The van der Waals surface area contributed by atoms with Crippen LogP contribution in [0, 0.1) is 0 Å². The molecule has 0 saturated carbocycles. The third-order valence-electron chi connectivity index (χ3n) is 9.53. The summed E-state index contributed by atoms with van der Waals surface area (Å²) in [6.07, 6.45) is 0.359. The average molecular weight is 739 g/mol. The van der Waals surface area contributed by atoms with Gasteiger partial charge in [0.2, 0.25) is 11.8 Å². The van der Waals surface area contributed by atoms with Crippen LogP contribution in [0.2, 0.25) is 0 Å². The van der Waals surface area contributed by atoms with Crippen molar-refractivity contribution < 1.29 is 28.7 Å². The highest BCUT2D eigenvalue weighted by atomic mass is 16.5. The number of carbonyl (C=O) groups is 4. The van der Waals surface area contributed by atoms with Crippen molar-refractivity contribution in [2.24, 2.45) is 0 Å². The molecule has 0 aliphatic carbocycles. The maximum atomic E-state index is 14.2. The van der Waals surface area contributed by atoms with Crippen molar-refractivity contribution in [3.05, 3.63) is 155 Å². The molecule has 282 valence electrons. The third-order valence-corrected chi connectivity index (χ3v) is 9.53. The summed E-state index contributed by atoms with van der Waals surface area (Å²) in [7, 11) is 1.62. The minimum atomic E-state index is -0.925. The van der Waals surface area contributed by atoms with E-state index >= 15 is 0 Å². The standard InChI is InChI=1S/C45H46N4O6/c1-45(2,48-44(53)55-30-33-11-5-4-6-12-33)27-41(50)47-39-26-23-35-13-7-10-16-40(35)49(43(39)52)29-32-17-21-34(22-18-32)37-14-8-9-15-38(37)42(51)46-28-31-19-24-36(54-3)25-20-31/h4-22,24-25,39H,23,26-30H2,1-3H3,(H,46,51)(H,47,50)(H,48,53). The van der Waals surface area contributed by atoms with Gasteiger partial charge in [-0.15, -0.1) is 0 Å². The Hall–Kier alpha value is -6.42. The number of alkyl carbamates (subject to hydrolysis) is 1. The van der Waals surface area contributed by atoms with Crippen LogP contribution in [-0.4, -0.2) is 42.5 Å². The van der Waals surface area contributed by atoms with E-state index in [1.807, 2.05) is 127 Å². The molecule has 1 unspecified atom stereocenters.